The van der Waals surface area contributed by atoms with E-state index < -0.39 is 0 Å². The van der Waals surface area contributed by atoms with E-state index in [0.29, 0.717) is 11.3 Å². The highest BCUT2D eigenvalue weighted by atomic mass is 16.5. The average molecular weight is 437 g/mol. The maximum absolute atomic E-state index is 13.4. The van der Waals surface area contributed by atoms with Crippen LogP contribution in [-0.4, -0.2) is 30.2 Å². The van der Waals surface area contributed by atoms with Gasteiger partial charge in [-0.2, -0.15) is 0 Å². The van der Waals surface area contributed by atoms with E-state index in [-0.39, 0.29) is 35.6 Å². The van der Waals surface area contributed by atoms with E-state index in [1.165, 1.54) is 5.56 Å². The molecule has 1 heterocycles. The topological polar surface area (TPSA) is 44.8 Å². The number of carbonyl (C=O) groups excluding carboxylic acids is 1. The summed E-state index contributed by atoms with van der Waals surface area (Å²) in [6.07, 6.45) is 5.57. The fourth-order valence-corrected chi connectivity index (χ4v) is 5.34. The number of hydrogen-bond acceptors (Lipinski definition) is 4. The molecule has 4 nitrogen and oxygen atoms in total. The Morgan fingerprint density at radius 3 is 2.44 bits per heavy atom. The van der Waals surface area contributed by atoms with E-state index in [1.54, 1.807) is 0 Å². The molecular weight excluding hydrogens is 400 g/mol. The van der Waals surface area contributed by atoms with Gasteiger partial charge in [0, 0.05) is 25.4 Å². The van der Waals surface area contributed by atoms with Crippen molar-refractivity contribution in [2.24, 2.45) is 5.92 Å². The van der Waals surface area contributed by atoms with Crippen molar-refractivity contribution in [3.63, 3.8) is 0 Å². The predicted molar refractivity (Wildman–Crippen MR) is 126 cm³/mol. The lowest BCUT2D eigenvalue weighted by Crippen LogP contribution is -2.47. The van der Waals surface area contributed by atoms with Crippen molar-refractivity contribution in [1.82, 2.24) is 0 Å². The molecule has 4 heteroatoms. The maximum Gasteiger partial charge on any atom is 0.169 e. The summed E-state index contributed by atoms with van der Waals surface area (Å²) in [5.41, 5.74) is 1.72. The molecule has 2 aromatic rings. The van der Waals surface area contributed by atoms with Crippen molar-refractivity contribution in [2.45, 2.75) is 83.2 Å². The quantitative estimate of drug-likeness (QED) is 0.462. The van der Waals surface area contributed by atoms with Gasteiger partial charge in [0.25, 0.3) is 0 Å². The summed E-state index contributed by atoms with van der Waals surface area (Å²) in [5, 5.41) is 0. The van der Waals surface area contributed by atoms with Crippen LogP contribution in [0.25, 0.3) is 0 Å². The lowest BCUT2D eigenvalue weighted by molar-refractivity contribution is -0.189. The average Bonchev–Trinajstić information content (AvgIpc) is 2.80. The van der Waals surface area contributed by atoms with Crippen LogP contribution < -0.4 is 4.74 Å². The number of ether oxygens (including phenoxy) is 3. The molecule has 2 fully saturated rings. The molecule has 2 atom stereocenters. The van der Waals surface area contributed by atoms with Crippen LogP contribution in [0.5, 0.6) is 5.75 Å². The molecule has 1 aliphatic heterocycles. The molecule has 0 amide bonds. The maximum atomic E-state index is 13.4. The number of hydrogen-bond donors (Lipinski definition) is 0. The summed E-state index contributed by atoms with van der Waals surface area (Å²) in [6, 6.07) is 18.1. The third kappa shape index (κ3) is 5.24. The number of para-hydroxylation sites is 1. The second-order valence-corrected chi connectivity index (χ2v) is 9.52. The molecule has 0 aromatic heterocycles. The summed E-state index contributed by atoms with van der Waals surface area (Å²) in [6.45, 7) is 6.76. The van der Waals surface area contributed by atoms with Gasteiger partial charge in [-0.1, -0.05) is 42.5 Å². The molecule has 0 radical (unpaired) electrons. The fourth-order valence-electron chi connectivity index (χ4n) is 5.34. The summed E-state index contributed by atoms with van der Waals surface area (Å²) in [7, 11) is 0. The lowest BCUT2D eigenvalue weighted by Gasteiger charge is -2.48. The zero-order valence-corrected chi connectivity index (χ0v) is 19.6. The molecule has 32 heavy (non-hydrogen) atoms. The van der Waals surface area contributed by atoms with Gasteiger partial charge in [-0.05, 0) is 64.2 Å². The van der Waals surface area contributed by atoms with Crippen LogP contribution in [0.2, 0.25) is 0 Å². The second kappa shape index (κ2) is 10.2. The molecular formula is C28H36O4. The van der Waals surface area contributed by atoms with E-state index in [4.69, 9.17) is 14.2 Å². The van der Waals surface area contributed by atoms with Crippen LogP contribution in [0.3, 0.4) is 0 Å². The first-order valence-corrected chi connectivity index (χ1v) is 12.1. The smallest absolute Gasteiger partial charge is 0.169 e. The van der Waals surface area contributed by atoms with Gasteiger partial charge in [-0.25, -0.2) is 0 Å². The molecule has 1 spiro atoms. The summed E-state index contributed by atoms with van der Waals surface area (Å²) >= 11 is 0. The van der Waals surface area contributed by atoms with Crippen LogP contribution in [0.1, 0.15) is 81.3 Å². The molecule has 0 N–H and O–H groups in total. The summed E-state index contributed by atoms with van der Waals surface area (Å²) < 4.78 is 18.8. The number of ketones is 1. The SMILES string of the molecule is CCOC1CC(c2ccccc2)OC2(CCC(C(=O)c3ccccc3OC(C)C)CC2)C1. The third-order valence-corrected chi connectivity index (χ3v) is 6.83. The van der Waals surface area contributed by atoms with Crippen LogP contribution in [0, 0.1) is 5.92 Å². The molecule has 1 saturated heterocycles. The molecule has 2 aliphatic rings. The van der Waals surface area contributed by atoms with Gasteiger partial charge in [0.15, 0.2) is 5.78 Å². The van der Waals surface area contributed by atoms with Gasteiger partial charge in [-0.15, -0.1) is 0 Å². The highest BCUT2D eigenvalue weighted by molar-refractivity contribution is 6.00. The normalized spacial score (nSPS) is 28.1. The van der Waals surface area contributed by atoms with Crippen molar-refractivity contribution < 1.29 is 19.0 Å². The predicted octanol–water partition coefficient (Wildman–Crippen LogP) is 6.54. The Bertz CT molecular complexity index is 883. The minimum atomic E-state index is -0.205. The lowest BCUT2D eigenvalue weighted by atomic mass is 9.72. The van der Waals surface area contributed by atoms with Crippen molar-refractivity contribution in [3.8, 4) is 5.75 Å². The van der Waals surface area contributed by atoms with Gasteiger partial charge in [0.2, 0.25) is 0 Å². The van der Waals surface area contributed by atoms with E-state index in [9.17, 15) is 4.79 Å². The molecule has 1 saturated carbocycles. The first kappa shape index (κ1) is 23.0. The Balaban J connectivity index is 1.47. The Kier molecular flexibility index (Phi) is 7.32. The van der Waals surface area contributed by atoms with Gasteiger partial charge in [0.05, 0.1) is 29.5 Å². The highest BCUT2D eigenvalue weighted by Gasteiger charge is 2.45. The van der Waals surface area contributed by atoms with Crippen LogP contribution in [0.15, 0.2) is 54.6 Å². The Morgan fingerprint density at radius 1 is 1.06 bits per heavy atom. The molecule has 4 rings (SSSR count). The monoisotopic (exact) mass is 436 g/mol. The zero-order valence-electron chi connectivity index (χ0n) is 19.6. The fraction of sp³-hybridized carbons (Fsp3) is 0.536. The number of carbonyl (C=O) groups is 1. The van der Waals surface area contributed by atoms with Crippen molar-refractivity contribution >= 4 is 5.78 Å². The van der Waals surface area contributed by atoms with E-state index in [1.807, 2.05) is 44.2 Å². The third-order valence-electron chi connectivity index (χ3n) is 6.83. The van der Waals surface area contributed by atoms with Gasteiger partial charge in [0.1, 0.15) is 5.75 Å². The van der Waals surface area contributed by atoms with E-state index >= 15 is 0 Å². The molecule has 172 valence electrons. The first-order chi connectivity index (χ1) is 15.5. The second-order valence-electron chi connectivity index (χ2n) is 9.52. The largest absolute Gasteiger partial charge is 0.490 e. The first-order valence-electron chi connectivity index (χ1n) is 12.1. The van der Waals surface area contributed by atoms with Gasteiger partial charge >= 0.3 is 0 Å². The van der Waals surface area contributed by atoms with E-state index in [2.05, 4.69) is 31.2 Å². The minimum Gasteiger partial charge on any atom is -0.490 e. The van der Waals surface area contributed by atoms with Crippen molar-refractivity contribution in [2.75, 3.05) is 6.61 Å². The van der Waals surface area contributed by atoms with Crippen LogP contribution in [0.4, 0.5) is 0 Å². The summed E-state index contributed by atoms with van der Waals surface area (Å²) in [5.74, 6) is 0.916. The van der Waals surface area contributed by atoms with Crippen molar-refractivity contribution in [3.05, 3.63) is 65.7 Å². The molecule has 1 aliphatic carbocycles. The highest BCUT2D eigenvalue weighted by Crippen LogP contribution is 2.47. The molecule has 0 bridgehead atoms. The Morgan fingerprint density at radius 2 is 1.75 bits per heavy atom. The van der Waals surface area contributed by atoms with Gasteiger partial charge < -0.3 is 14.2 Å². The zero-order chi connectivity index (χ0) is 22.6. The number of Topliss-reactive ketones (excluding diaryl/α,β-unsaturated/α-hetero) is 1. The van der Waals surface area contributed by atoms with Gasteiger partial charge in [-0.3, -0.25) is 4.79 Å². The standard InChI is InChI=1S/C28H36O4/c1-4-30-23-18-26(21-10-6-5-7-11-21)32-28(19-23)16-14-22(15-17-28)27(29)24-12-8-9-13-25(24)31-20(2)3/h5-13,20,22-23,26H,4,14-19H2,1-3H3. The number of benzene rings is 2. The number of rotatable bonds is 7. The Hall–Kier alpha value is -2.17. The van der Waals surface area contributed by atoms with Crippen LogP contribution >= 0.6 is 0 Å². The minimum absolute atomic E-state index is 0.0174. The Labute approximate surface area is 192 Å². The molecule has 2 aromatic carbocycles. The van der Waals surface area contributed by atoms with Crippen LogP contribution in [-0.2, 0) is 9.47 Å². The van der Waals surface area contributed by atoms with E-state index in [0.717, 1.165) is 45.1 Å². The molecule has 2 unspecified atom stereocenters. The van der Waals surface area contributed by atoms with Crippen molar-refractivity contribution in [1.29, 1.82) is 0 Å². The summed E-state index contributed by atoms with van der Waals surface area (Å²) in [4.78, 5) is 13.4.